The Labute approximate surface area is 117 Å². The lowest BCUT2D eigenvalue weighted by atomic mass is 9.90. The summed E-state index contributed by atoms with van der Waals surface area (Å²) in [7, 11) is 0. The van der Waals surface area contributed by atoms with Gasteiger partial charge in [-0.3, -0.25) is 4.98 Å². The second-order valence-electron chi connectivity index (χ2n) is 5.26. The van der Waals surface area contributed by atoms with Crippen LogP contribution in [0.5, 0.6) is 0 Å². The molecule has 1 aromatic heterocycles. The van der Waals surface area contributed by atoms with Crippen molar-refractivity contribution in [1.82, 2.24) is 4.98 Å². The molecule has 2 aromatic rings. The summed E-state index contributed by atoms with van der Waals surface area (Å²) >= 11 is 3.82. The van der Waals surface area contributed by atoms with Crippen LogP contribution in [0.3, 0.4) is 0 Å². The summed E-state index contributed by atoms with van der Waals surface area (Å²) in [4.78, 5) is 5.10. The molecule has 94 valence electrons. The Kier molecular flexibility index (Phi) is 3.64. The first kappa shape index (κ1) is 12.2. The smallest absolute Gasteiger partial charge is 0.0346 e. The minimum atomic E-state index is 0.662. The molecule has 1 nitrogen and oxygen atoms in total. The van der Waals surface area contributed by atoms with Gasteiger partial charge in [0.25, 0.3) is 0 Å². The average Bonchev–Trinajstić information content (AvgIpc) is 2.63. The summed E-state index contributed by atoms with van der Waals surface area (Å²) in [6.45, 7) is 0. The summed E-state index contributed by atoms with van der Waals surface area (Å²) in [6, 6.07) is 8.62. The zero-order valence-corrected chi connectivity index (χ0v) is 12.1. The maximum Gasteiger partial charge on any atom is 0.0346 e. The van der Waals surface area contributed by atoms with Crippen LogP contribution < -0.4 is 0 Å². The van der Waals surface area contributed by atoms with E-state index in [0.717, 1.165) is 0 Å². The molecule has 0 bridgehead atoms. The largest absolute Gasteiger partial charge is 0.264 e. The second-order valence-corrected chi connectivity index (χ2v) is 6.56. The molecule has 0 aliphatic heterocycles. The Hall–Kier alpha value is -0.890. The molecule has 1 aromatic carbocycles. The summed E-state index contributed by atoms with van der Waals surface area (Å²) in [5.74, 6) is 0.662. The van der Waals surface area contributed by atoms with E-state index in [1.54, 1.807) is 0 Å². The summed E-state index contributed by atoms with van der Waals surface area (Å²) in [5.41, 5.74) is 1.44. The number of alkyl halides is 1. The monoisotopic (exact) mass is 303 g/mol. The lowest BCUT2D eigenvalue weighted by Gasteiger charge is -2.18. The van der Waals surface area contributed by atoms with Crippen molar-refractivity contribution in [2.24, 2.45) is 0 Å². The van der Waals surface area contributed by atoms with Gasteiger partial charge in [-0.1, -0.05) is 53.0 Å². The van der Waals surface area contributed by atoms with Crippen LogP contribution in [0, 0.1) is 0 Å². The predicted octanol–water partition coefficient (Wildman–Crippen LogP) is 5.05. The lowest BCUT2D eigenvalue weighted by Crippen LogP contribution is -2.04. The number of halogens is 1. The molecule has 2 heteroatoms. The highest BCUT2D eigenvalue weighted by atomic mass is 79.9. The molecule has 1 fully saturated rings. The molecule has 1 heterocycles. The maximum atomic E-state index is 4.43. The highest BCUT2D eigenvalue weighted by Crippen LogP contribution is 2.37. The molecule has 2 unspecified atom stereocenters. The molecular weight excluding hydrogens is 286 g/mol. The number of fused-ring (bicyclic) bond motifs is 1. The first-order valence-corrected chi connectivity index (χ1v) is 7.73. The van der Waals surface area contributed by atoms with Crippen molar-refractivity contribution in [2.45, 2.75) is 42.8 Å². The molecule has 2 atom stereocenters. The topological polar surface area (TPSA) is 12.9 Å². The van der Waals surface area contributed by atoms with Crippen molar-refractivity contribution < 1.29 is 0 Å². The zero-order valence-electron chi connectivity index (χ0n) is 10.5. The van der Waals surface area contributed by atoms with Gasteiger partial charge >= 0.3 is 0 Å². The van der Waals surface area contributed by atoms with Crippen LogP contribution >= 0.6 is 15.9 Å². The fraction of sp³-hybridized carbons (Fsp3) is 0.438. The molecule has 0 N–H and O–H groups in total. The van der Waals surface area contributed by atoms with Gasteiger partial charge in [0.2, 0.25) is 0 Å². The number of benzene rings is 1. The van der Waals surface area contributed by atoms with Crippen molar-refractivity contribution in [3.63, 3.8) is 0 Å². The van der Waals surface area contributed by atoms with Gasteiger partial charge in [0.1, 0.15) is 0 Å². The highest BCUT2D eigenvalue weighted by molar-refractivity contribution is 9.09. The Morgan fingerprint density at radius 3 is 2.83 bits per heavy atom. The van der Waals surface area contributed by atoms with Gasteiger partial charge in [0.05, 0.1) is 0 Å². The average molecular weight is 304 g/mol. The minimum absolute atomic E-state index is 0.662. The summed E-state index contributed by atoms with van der Waals surface area (Å²) < 4.78 is 0. The SMILES string of the molecule is BrC1CCCCC(c2cncc3ccccc23)C1. The third-order valence-electron chi connectivity index (χ3n) is 4.00. The quantitative estimate of drug-likeness (QED) is 0.531. The lowest BCUT2D eigenvalue weighted by molar-refractivity contribution is 0.602. The third kappa shape index (κ3) is 2.44. The van der Waals surface area contributed by atoms with Crippen LogP contribution in [0.2, 0.25) is 0 Å². The van der Waals surface area contributed by atoms with E-state index in [-0.39, 0.29) is 0 Å². The fourth-order valence-corrected chi connectivity index (χ4v) is 3.82. The number of hydrogen-bond acceptors (Lipinski definition) is 1. The van der Waals surface area contributed by atoms with Crippen LogP contribution in [0.15, 0.2) is 36.7 Å². The van der Waals surface area contributed by atoms with E-state index < -0.39 is 0 Å². The summed E-state index contributed by atoms with van der Waals surface area (Å²) in [6.07, 6.45) is 10.6. The Bertz CT molecular complexity index is 532. The molecule has 0 saturated heterocycles. The van der Waals surface area contributed by atoms with E-state index in [1.807, 2.05) is 6.20 Å². The van der Waals surface area contributed by atoms with Crippen molar-refractivity contribution in [3.05, 3.63) is 42.2 Å². The van der Waals surface area contributed by atoms with E-state index in [4.69, 9.17) is 0 Å². The normalized spacial score (nSPS) is 24.9. The first-order valence-electron chi connectivity index (χ1n) is 6.81. The Balaban J connectivity index is 2.02. The van der Waals surface area contributed by atoms with E-state index in [2.05, 4.69) is 51.4 Å². The maximum absolute atomic E-state index is 4.43. The van der Waals surface area contributed by atoms with Crippen LogP contribution in [0.4, 0.5) is 0 Å². The number of aromatic nitrogens is 1. The molecule has 0 spiro atoms. The van der Waals surface area contributed by atoms with Gasteiger partial charge in [-0.05, 0) is 36.1 Å². The van der Waals surface area contributed by atoms with E-state index in [9.17, 15) is 0 Å². The van der Waals surface area contributed by atoms with Crippen molar-refractivity contribution in [2.75, 3.05) is 0 Å². The Morgan fingerprint density at radius 1 is 1.06 bits per heavy atom. The highest BCUT2D eigenvalue weighted by Gasteiger charge is 2.21. The van der Waals surface area contributed by atoms with Gasteiger partial charge in [0, 0.05) is 22.6 Å². The molecule has 1 aliphatic rings. The molecule has 3 rings (SSSR count). The Morgan fingerprint density at radius 2 is 1.89 bits per heavy atom. The molecule has 18 heavy (non-hydrogen) atoms. The van der Waals surface area contributed by atoms with Gasteiger partial charge in [-0.2, -0.15) is 0 Å². The number of rotatable bonds is 1. The number of nitrogens with zero attached hydrogens (tertiary/aromatic N) is 1. The van der Waals surface area contributed by atoms with Gasteiger partial charge < -0.3 is 0 Å². The van der Waals surface area contributed by atoms with Crippen molar-refractivity contribution in [3.8, 4) is 0 Å². The molecule has 1 saturated carbocycles. The minimum Gasteiger partial charge on any atom is -0.264 e. The van der Waals surface area contributed by atoms with Crippen LogP contribution in [-0.4, -0.2) is 9.81 Å². The van der Waals surface area contributed by atoms with E-state index in [1.165, 1.54) is 48.4 Å². The summed E-state index contributed by atoms with van der Waals surface area (Å²) in [5, 5.41) is 2.66. The van der Waals surface area contributed by atoms with Crippen LogP contribution in [0.25, 0.3) is 10.8 Å². The third-order valence-corrected chi connectivity index (χ3v) is 4.83. The standard InChI is InChI=1S/C16H18BrN/c17-14-7-3-1-5-12(9-14)16-11-18-10-13-6-2-4-8-15(13)16/h2,4,6,8,10-12,14H,1,3,5,7,9H2. The van der Waals surface area contributed by atoms with Crippen LogP contribution in [-0.2, 0) is 0 Å². The van der Waals surface area contributed by atoms with Gasteiger partial charge in [-0.15, -0.1) is 0 Å². The van der Waals surface area contributed by atoms with Crippen molar-refractivity contribution >= 4 is 26.7 Å². The van der Waals surface area contributed by atoms with Crippen LogP contribution in [0.1, 0.15) is 43.6 Å². The number of hydrogen-bond donors (Lipinski definition) is 0. The first-order chi connectivity index (χ1) is 8.84. The second kappa shape index (κ2) is 5.40. The molecule has 1 aliphatic carbocycles. The van der Waals surface area contributed by atoms with E-state index in [0.29, 0.717) is 10.7 Å². The van der Waals surface area contributed by atoms with Crippen molar-refractivity contribution in [1.29, 1.82) is 0 Å². The van der Waals surface area contributed by atoms with Gasteiger partial charge in [-0.25, -0.2) is 0 Å². The predicted molar refractivity (Wildman–Crippen MR) is 80.3 cm³/mol. The van der Waals surface area contributed by atoms with E-state index >= 15 is 0 Å². The molecule has 0 amide bonds. The van der Waals surface area contributed by atoms with Gasteiger partial charge in [0.15, 0.2) is 0 Å². The fourth-order valence-electron chi connectivity index (χ4n) is 3.05. The number of pyridine rings is 1. The zero-order chi connectivity index (χ0) is 12.4. The molecular formula is C16H18BrN. The molecule has 0 radical (unpaired) electrons.